The first-order chi connectivity index (χ1) is 8.13. The molecule has 0 spiro atoms. The van der Waals surface area contributed by atoms with Gasteiger partial charge in [-0.3, -0.25) is 10.1 Å². The molecule has 17 heavy (non-hydrogen) atoms. The van der Waals surface area contributed by atoms with Crippen LogP contribution in [0.2, 0.25) is 0 Å². The molecule has 0 amide bonds. The molecule has 0 saturated heterocycles. The molecule has 2 heterocycles. The number of rotatable bonds is 3. The van der Waals surface area contributed by atoms with Gasteiger partial charge in [0, 0.05) is 13.1 Å². The third-order valence-corrected chi connectivity index (χ3v) is 2.78. The highest BCUT2D eigenvalue weighted by Crippen LogP contribution is 2.34. The molecule has 6 nitrogen and oxygen atoms in total. The summed E-state index contributed by atoms with van der Waals surface area (Å²) >= 11 is 3.26. The molecule has 0 atom stereocenters. The Hall–Kier alpha value is -1.89. The van der Waals surface area contributed by atoms with Gasteiger partial charge < -0.3 is 9.73 Å². The predicted molar refractivity (Wildman–Crippen MR) is 65.8 cm³/mol. The standard InChI is InChI=1S/C10H8BrN3O3/c1-12-8-3-2-7(14(15)16)9(13-8)10-6(11)4-5-17-10/h2-5H,1H3,(H,12,13). The Morgan fingerprint density at radius 1 is 1.47 bits per heavy atom. The third kappa shape index (κ3) is 2.14. The molecule has 0 radical (unpaired) electrons. The molecule has 2 rings (SSSR count). The fourth-order valence-corrected chi connectivity index (χ4v) is 1.76. The summed E-state index contributed by atoms with van der Waals surface area (Å²) in [5.41, 5.74) is 0.0957. The number of hydrogen-bond donors (Lipinski definition) is 1. The van der Waals surface area contributed by atoms with Crippen molar-refractivity contribution in [2.75, 3.05) is 12.4 Å². The minimum atomic E-state index is -0.489. The van der Waals surface area contributed by atoms with Crippen LogP contribution < -0.4 is 5.32 Å². The summed E-state index contributed by atoms with van der Waals surface area (Å²) in [5, 5.41) is 13.7. The van der Waals surface area contributed by atoms with E-state index in [9.17, 15) is 10.1 Å². The van der Waals surface area contributed by atoms with E-state index in [0.717, 1.165) is 0 Å². The molecule has 88 valence electrons. The van der Waals surface area contributed by atoms with Gasteiger partial charge >= 0.3 is 0 Å². The van der Waals surface area contributed by atoms with Crippen LogP contribution in [-0.2, 0) is 0 Å². The van der Waals surface area contributed by atoms with Gasteiger partial charge in [-0.25, -0.2) is 4.98 Å². The molecule has 0 aromatic carbocycles. The van der Waals surface area contributed by atoms with E-state index >= 15 is 0 Å². The predicted octanol–water partition coefficient (Wildman–Crippen LogP) is 3.05. The smallest absolute Gasteiger partial charge is 0.298 e. The number of nitrogens with one attached hydrogen (secondary N) is 1. The molecule has 1 N–H and O–H groups in total. The lowest BCUT2D eigenvalue weighted by atomic mass is 10.2. The van der Waals surface area contributed by atoms with Crippen LogP contribution in [0.1, 0.15) is 0 Å². The van der Waals surface area contributed by atoms with Crippen LogP contribution in [0, 0.1) is 10.1 Å². The maximum Gasteiger partial charge on any atom is 0.298 e. The van der Waals surface area contributed by atoms with Gasteiger partial charge in [0.05, 0.1) is 15.7 Å². The first kappa shape index (κ1) is 11.6. The van der Waals surface area contributed by atoms with Gasteiger partial charge in [-0.1, -0.05) is 0 Å². The number of halogens is 1. The van der Waals surface area contributed by atoms with E-state index < -0.39 is 4.92 Å². The average Bonchev–Trinajstić information content (AvgIpc) is 2.74. The number of nitrogens with zero attached hydrogens (tertiary/aromatic N) is 2. The third-order valence-electron chi connectivity index (χ3n) is 2.16. The molecular formula is C10H8BrN3O3. The van der Waals surface area contributed by atoms with E-state index in [-0.39, 0.29) is 11.4 Å². The van der Waals surface area contributed by atoms with E-state index in [4.69, 9.17) is 4.42 Å². The van der Waals surface area contributed by atoms with Gasteiger partial charge in [-0.2, -0.15) is 0 Å². The lowest BCUT2D eigenvalue weighted by Gasteiger charge is -2.03. The summed E-state index contributed by atoms with van der Waals surface area (Å²) < 4.78 is 5.83. The topological polar surface area (TPSA) is 81.2 Å². The van der Waals surface area contributed by atoms with Crippen molar-refractivity contribution in [2.24, 2.45) is 0 Å². The van der Waals surface area contributed by atoms with Crippen molar-refractivity contribution in [1.29, 1.82) is 0 Å². The minimum Gasteiger partial charge on any atom is -0.461 e. The van der Waals surface area contributed by atoms with Crippen molar-refractivity contribution in [3.63, 3.8) is 0 Å². The van der Waals surface area contributed by atoms with E-state index in [1.165, 1.54) is 12.3 Å². The molecule has 2 aromatic heterocycles. The summed E-state index contributed by atoms with van der Waals surface area (Å²) in [4.78, 5) is 14.6. The van der Waals surface area contributed by atoms with Crippen LogP contribution in [0.3, 0.4) is 0 Å². The molecule has 7 heteroatoms. The summed E-state index contributed by atoms with van der Waals surface area (Å²) in [6.07, 6.45) is 1.44. The van der Waals surface area contributed by atoms with Gasteiger partial charge in [-0.15, -0.1) is 0 Å². The van der Waals surface area contributed by atoms with E-state index in [0.29, 0.717) is 16.1 Å². The highest BCUT2D eigenvalue weighted by molar-refractivity contribution is 9.10. The molecule has 0 aliphatic heterocycles. The van der Waals surface area contributed by atoms with Crippen LogP contribution in [0.5, 0.6) is 0 Å². The van der Waals surface area contributed by atoms with Crippen molar-refractivity contribution in [3.8, 4) is 11.5 Å². The van der Waals surface area contributed by atoms with Gasteiger partial charge in [0.2, 0.25) is 0 Å². The van der Waals surface area contributed by atoms with Gasteiger partial charge in [0.15, 0.2) is 11.5 Å². The molecule has 0 aliphatic rings. The van der Waals surface area contributed by atoms with Crippen LogP contribution >= 0.6 is 15.9 Å². The molecule has 0 aliphatic carbocycles. The van der Waals surface area contributed by atoms with Crippen LogP contribution in [0.25, 0.3) is 11.5 Å². The summed E-state index contributed by atoms with van der Waals surface area (Å²) in [6, 6.07) is 4.59. The molecule has 0 saturated carbocycles. The highest BCUT2D eigenvalue weighted by Gasteiger charge is 2.21. The fourth-order valence-electron chi connectivity index (χ4n) is 1.37. The van der Waals surface area contributed by atoms with Crippen molar-refractivity contribution < 1.29 is 9.34 Å². The number of aromatic nitrogens is 1. The van der Waals surface area contributed by atoms with Gasteiger partial charge in [0.25, 0.3) is 5.69 Å². The van der Waals surface area contributed by atoms with Crippen LogP contribution in [-0.4, -0.2) is 17.0 Å². The van der Waals surface area contributed by atoms with Crippen molar-refractivity contribution in [1.82, 2.24) is 4.98 Å². The summed E-state index contributed by atoms with van der Waals surface area (Å²) in [7, 11) is 1.69. The van der Waals surface area contributed by atoms with E-state index in [2.05, 4.69) is 26.2 Å². The highest BCUT2D eigenvalue weighted by atomic mass is 79.9. The Bertz CT molecular complexity index is 568. The van der Waals surface area contributed by atoms with Gasteiger partial charge in [-0.05, 0) is 28.1 Å². The zero-order valence-electron chi connectivity index (χ0n) is 8.81. The summed E-state index contributed by atoms with van der Waals surface area (Å²) in [6.45, 7) is 0. The molecule has 2 aromatic rings. The maximum absolute atomic E-state index is 10.9. The Morgan fingerprint density at radius 2 is 2.24 bits per heavy atom. The van der Waals surface area contributed by atoms with Crippen molar-refractivity contribution in [2.45, 2.75) is 0 Å². The number of nitro groups is 1. The number of furan rings is 1. The minimum absolute atomic E-state index is 0.0975. The normalized spacial score (nSPS) is 10.2. The number of anilines is 1. The molecule has 0 unspecified atom stereocenters. The monoisotopic (exact) mass is 297 g/mol. The number of hydrogen-bond acceptors (Lipinski definition) is 5. The van der Waals surface area contributed by atoms with Crippen molar-refractivity contribution in [3.05, 3.63) is 39.0 Å². The Kier molecular flexibility index (Phi) is 3.10. The lowest BCUT2D eigenvalue weighted by Crippen LogP contribution is -1.98. The Labute approximate surface area is 105 Å². The lowest BCUT2D eigenvalue weighted by molar-refractivity contribution is -0.384. The average molecular weight is 298 g/mol. The molecule has 0 fully saturated rings. The maximum atomic E-state index is 10.9. The SMILES string of the molecule is CNc1ccc([N+](=O)[O-])c(-c2occc2Br)n1. The second-order valence-corrected chi connectivity index (χ2v) is 4.02. The fraction of sp³-hybridized carbons (Fsp3) is 0.100. The Balaban J connectivity index is 2.65. The first-order valence-corrected chi connectivity index (χ1v) is 5.49. The van der Waals surface area contributed by atoms with E-state index in [1.54, 1.807) is 19.2 Å². The largest absolute Gasteiger partial charge is 0.461 e. The number of pyridine rings is 1. The van der Waals surface area contributed by atoms with Crippen molar-refractivity contribution >= 4 is 27.4 Å². The zero-order valence-corrected chi connectivity index (χ0v) is 10.4. The second kappa shape index (κ2) is 4.54. The zero-order chi connectivity index (χ0) is 12.4. The Morgan fingerprint density at radius 3 is 2.76 bits per heavy atom. The second-order valence-electron chi connectivity index (χ2n) is 3.17. The van der Waals surface area contributed by atoms with Crippen LogP contribution in [0.15, 0.2) is 33.4 Å². The molecule has 0 bridgehead atoms. The first-order valence-electron chi connectivity index (χ1n) is 4.70. The quantitative estimate of drug-likeness (QED) is 0.695. The summed E-state index contributed by atoms with van der Waals surface area (Å²) in [5.74, 6) is 0.878. The van der Waals surface area contributed by atoms with Crippen LogP contribution in [0.4, 0.5) is 11.5 Å². The molecular weight excluding hydrogens is 290 g/mol. The van der Waals surface area contributed by atoms with Gasteiger partial charge in [0.1, 0.15) is 5.82 Å². The van der Waals surface area contributed by atoms with E-state index in [1.807, 2.05) is 0 Å².